The maximum absolute atomic E-state index is 13.4. The van der Waals surface area contributed by atoms with Crippen molar-refractivity contribution in [3.05, 3.63) is 63.0 Å². The second kappa shape index (κ2) is 7.52. The molecule has 2 bridgehead atoms. The van der Waals surface area contributed by atoms with Crippen LogP contribution in [0.3, 0.4) is 0 Å². The SMILES string of the molecule is CN(C)Cc1ccc2n(c1=O)C[C@H]1C[C@@H]2CN(C(=O)c2cn[nH]c2-c2cccs2)C1. The largest absolute Gasteiger partial charge is 0.338 e. The number of carbonyl (C=O) groups is 1. The Kier molecular flexibility index (Phi) is 4.83. The standard InChI is InChI=1S/C22H25N5O2S/c1-25(2)12-15-5-6-18-16-8-14(11-27(18)21(15)28)10-26(13-16)22(29)17-9-23-24-20(17)19-4-3-7-30-19/h3-7,9,14,16H,8,10-13H2,1-2H3,(H,23,24)/t14-,16+/m0/s1. The highest BCUT2D eigenvalue weighted by molar-refractivity contribution is 7.13. The van der Waals surface area contributed by atoms with Crippen LogP contribution >= 0.6 is 11.3 Å². The summed E-state index contributed by atoms with van der Waals surface area (Å²) in [4.78, 5) is 31.3. The number of nitrogens with one attached hydrogen (secondary N) is 1. The van der Waals surface area contributed by atoms with Crippen LogP contribution in [-0.4, -0.2) is 57.7 Å². The summed E-state index contributed by atoms with van der Waals surface area (Å²) in [5.74, 6) is 0.506. The Bertz CT molecular complexity index is 1130. The fourth-order valence-electron chi connectivity index (χ4n) is 4.85. The molecule has 3 aromatic rings. The third-order valence-electron chi connectivity index (χ3n) is 6.09. The van der Waals surface area contributed by atoms with E-state index in [1.165, 1.54) is 0 Å². The fourth-order valence-corrected chi connectivity index (χ4v) is 5.58. The summed E-state index contributed by atoms with van der Waals surface area (Å²) in [5, 5.41) is 9.11. The molecule has 0 unspecified atom stereocenters. The maximum Gasteiger partial charge on any atom is 0.257 e. The molecule has 0 aliphatic carbocycles. The van der Waals surface area contributed by atoms with Gasteiger partial charge in [0, 0.05) is 43.4 Å². The summed E-state index contributed by atoms with van der Waals surface area (Å²) < 4.78 is 1.95. The van der Waals surface area contributed by atoms with Gasteiger partial charge in [0.25, 0.3) is 11.5 Å². The average molecular weight is 424 g/mol. The zero-order chi connectivity index (χ0) is 20.8. The highest BCUT2D eigenvalue weighted by atomic mass is 32.1. The first-order chi connectivity index (χ1) is 14.5. The van der Waals surface area contributed by atoms with Gasteiger partial charge in [0.15, 0.2) is 0 Å². The van der Waals surface area contributed by atoms with Crippen LogP contribution in [0.15, 0.2) is 40.6 Å². The van der Waals surface area contributed by atoms with Gasteiger partial charge in [-0.2, -0.15) is 5.10 Å². The Morgan fingerprint density at radius 2 is 2.13 bits per heavy atom. The van der Waals surface area contributed by atoms with Gasteiger partial charge in [-0.3, -0.25) is 14.7 Å². The van der Waals surface area contributed by atoms with E-state index in [-0.39, 0.29) is 17.4 Å². The van der Waals surface area contributed by atoms with Crippen LogP contribution in [0.1, 0.15) is 34.0 Å². The molecule has 0 spiro atoms. The molecular formula is C22H25N5O2S. The molecule has 7 nitrogen and oxygen atoms in total. The number of aromatic amines is 1. The normalized spacial score (nSPS) is 20.4. The molecule has 2 aliphatic heterocycles. The fraction of sp³-hybridized carbons (Fsp3) is 0.409. The zero-order valence-electron chi connectivity index (χ0n) is 17.2. The summed E-state index contributed by atoms with van der Waals surface area (Å²) >= 11 is 1.59. The summed E-state index contributed by atoms with van der Waals surface area (Å²) in [6.45, 7) is 2.63. The molecule has 1 amide bonds. The molecule has 5 heterocycles. The molecule has 156 valence electrons. The Morgan fingerprint density at radius 3 is 2.90 bits per heavy atom. The second-order valence-electron chi connectivity index (χ2n) is 8.58. The lowest BCUT2D eigenvalue weighted by molar-refractivity contribution is 0.0595. The summed E-state index contributed by atoms with van der Waals surface area (Å²) in [6.07, 6.45) is 2.66. The van der Waals surface area contributed by atoms with Crippen molar-refractivity contribution in [3.8, 4) is 10.6 Å². The number of piperidine rings is 1. The van der Waals surface area contributed by atoms with E-state index >= 15 is 0 Å². The summed E-state index contributed by atoms with van der Waals surface area (Å²) in [5.41, 5.74) is 3.41. The van der Waals surface area contributed by atoms with Gasteiger partial charge in [0.05, 0.1) is 22.3 Å². The molecule has 8 heteroatoms. The number of aromatic nitrogens is 3. The molecule has 3 aromatic heterocycles. The summed E-state index contributed by atoms with van der Waals surface area (Å²) in [6, 6.07) is 8.01. The van der Waals surface area contributed by atoms with Crippen molar-refractivity contribution in [1.82, 2.24) is 24.6 Å². The molecule has 5 rings (SSSR count). The number of pyridine rings is 1. The van der Waals surface area contributed by atoms with Crippen LogP contribution in [0, 0.1) is 5.92 Å². The number of nitrogens with zero attached hydrogens (tertiary/aromatic N) is 4. The first-order valence-electron chi connectivity index (χ1n) is 10.2. The number of amides is 1. The number of H-pyrrole nitrogens is 1. The van der Waals surface area contributed by atoms with Crippen molar-refractivity contribution in [2.45, 2.75) is 25.4 Å². The lowest BCUT2D eigenvalue weighted by Crippen LogP contribution is -2.49. The van der Waals surface area contributed by atoms with Gasteiger partial charge in [-0.1, -0.05) is 12.1 Å². The minimum absolute atomic E-state index is 0.0156. The van der Waals surface area contributed by atoms with E-state index in [9.17, 15) is 9.59 Å². The predicted molar refractivity (Wildman–Crippen MR) is 117 cm³/mol. The van der Waals surface area contributed by atoms with Crippen LogP contribution in [0.4, 0.5) is 0 Å². The molecule has 0 aromatic carbocycles. The molecule has 1 fully saturated rings. The molecule has 0 radical (unpaired) electrons. The van der Waals surface area contributed by atoms with Crippen LogP contribution in [0.5, 0.6) is 0 Å². The number of carbonyl (C=O) groups excluding carboxylic acids is 1. The quantitative estimate of drug-likeness (QED) is 0.700. The minimum atomic E-state index is 0.0156. The van der Waals surface area contributed by atoms with Gasteiger partial charge in [-0.15, -0.1) is 11.3 Å². The highest BCUT2D eigenvalue weighted by Gasteiger charge is 2.37. The van der Waals surface area contributed by atoms with E-state index in [2.05, 4.69) is 16.3 Å². The van der Waals surface area contributed by atoms with Crippen LogP contribution in [0.25, 0.3) is 10.6 Å². The monoisotopic (exact) mass is 423 g/mol. The number of likely N-dealkylation sites (tertiary alicyclic amines) is 1. The number of hydrogen-bond acceptors (Lipinski definition) is 5. The van der Waals surface area contributed by atoms with E-state index in [1.54, 1.807) is 17.5 Å². The van der Waals surface area contributed by atoms with Crippen LogP contribution < -0.4 is 5.56 Å². The Balaban J connectivity index is 1.42. The highest BCUT2D eigenvalue weighted by Crippen LogP contribution is 2.36. The van der Waals surface area contributed by atoms with Crippen molar-refractivity contribution in [2.75, 3.05) is 27.2 Å². The molecule has 30 heavy (non-hydrogen) atoms. The van der Waals surface area contributed by atoms with Crippen molar-refractivity contribution >= 4 is 17.2 Å². The smallest absolute Gasteiger partial charge is 0.257 e. The van der Waals surface area contributed by atoms with Gasteiger partial charge in [-0.05, 0) is 43.9 Å². The molecule has 2 aliphatic rings. The van der Waals surface area contributed by atoms with Gasteiger partial charge >= 0.3 is 0 Å². The number of hydrogen-bond donors (Lipinski definition) is 1. The topological polar surface area (TPSA) is 74.2 Å². The lowest BCUT2D eigenvalue weighted by Gasteiger charge is -2.43. The zero-order valence-corrected chi connectivity index (χ0v) is 18.0. The predicted octanol–water partition coefficient (Wildman–Crippen LogP) is 2.62. The Labute approximate surface area is 178 Å². The minimum Gasteiger partial charge on any atom is -0.338 e. The van der Waals surface area contributed by atoms with Crippen molar-refractivity contribution in [2.24, 2.45) is 5.92 Å². The molecule has 1 N–H and O–H groups in total. The lowest BCUT2D eigenvalue weighted by atomic mass is 9.82. The van der Waals surface area contributed by atoms with E-state index in [0.29, 0.717) is 37.7 Å². The van der Waals surface area contributed by atoms with Gasteiger partial charge < -0.3 is 14.4 Å². The van der Waals surface area contributed by atoms with E-state index in [4.69, 9.17) is 0 Å². The van der Waals surface area contributed by atoms with Gasteiger partial charge in [0.1, 0.15) is 0 Å². The maximum atomic E-state index is 13.4. The first-order valence-corrected chi connectivity index (χ1v) is 11.1. The third-order valence-corrected chi connectivity index (χ3v) is 6.98. The number of thiophene rings is 1. The van der Waals surface area contributed by atoms with Crippen molar-refractivity contribution in [1.29, 1.82) is 0 Å². The second-order valence-corrected chi connectivity index (χ2v) is 9.53. The van der Waals surface area contributed by atoms with E-state index in [1.807, 2.05) is 52.0 Å². The van der Waals surface area contributed by atoms with Crippen molar-refractivity contribution in [3.63, 3.8) is 0 Å². The molecule has 0 saturated carbocycles. The van der Waals surface area contributed by atoms with E-state index < -0.39 is 0 Å². The van der Waals surface area contributed by atoms with E-state index in [0.717, 1.165) is 28.2 Å². The Morgan fingerprint density at radius 1 is 1.27 bits per heavy atom. The number of fused-ring (bicyclic) bond motifs is 4. The van der Waals surface area contributed by atoms with Crippen LogP contribution in [-0.2, 0) is 13.1 Å². The van der Waals surface area contributed by atoms with Gasteiger partial charge in [0.2, 0.25) is 0 Å². The Hall–Kier alpha value is -2.71. The molecule has 2 atom stereocenters. The summed E-state index contributed by atoms with van der Waals surface area (Å²) in [7, 11) is 3.95. The molecular weight excluding hydrogens is 398 g/mol. The number of rotatable bonds is 4. The average Bonchev–Trinajstić information content (AvgIpc) is 3.40. The van der Waals surface area contributed by atoms with Crippen molar-refractivity contribution < 1.29 is 4.79 Å². The van der Waals surface area contributed by atoms with Crippen LogP contribution in [0.2, 0.25) is 0 Å². The molecule has 1 saturated heterocycles. The first kappa shape index (κ1) is 19.3. The van der Waals surface area contributed by atoms with Gasteiger partial charge in [-0.25, -0.2) is 0 Å². The third kappa shape index (κ3) is 3.30.